The second-order valence-corrected chi connectivity index (χ2v) is 4.22. The number of benzene rings is 2. The maximum Gasteiger partial charge on any atom is 0.161 e. The largest absolute Gasteiger partial charge is 0.298 e. The molecule has 0 atom stereocenters. The van der Waals surface area contributed by atoms with Crippen molar-refractivity contribution in [3.8, 4) is 0 Å². The van der Waals surface area contributed by atoms with Gasteiger partial charge in [0.25, 0.3) is 0 Å². The van der Waals surface area contributed by atoms with E-state index in [0.717, 1.165) is 17.9 Å². The van der Waals surface area contributed by atoms with Crippen LogP contribution in [0.2, 0.25) is 0 Å². The predicted molar refractivity (Wildman–Crippen MR) is 65.6 cm³/mol. The molecule has 4 heteroatoms. The predicted octanol–water partition coefficient (Wildman–Crippen LogP) is 3.70. The third kappa shape index (κ3) is 3.22. The molecule has 0 aromatic heterocycles. The van der Waals surface area contributed by atoms with E-state index in [-0.39, 0.29) is 12.0 Å². The van der Waals surface area contributed by atoms with Crippen molar-refractivity contribution in [2.24, 2.45) is 0 Å². The number of aryl methyl sites for hydroxylation is 2. The number of hydrogen-bond acceptors (Lipinski definition) is 1. The van der Waals surface area contributed by atoms with Crippen LogP contribution in [0.15, 0.2) is 36.4 Å². The molecule has 2 aromatic carbocycles. The molecule has 0 spiro atoms. The lowest BCUT2D eigenvalue weighted by atomic mass is 10.0. The quantitative estimate of drug-likeness (QED) is 0.608. The first-order valence-electron chi connectivity index (χ1n) is 5.77. The summed E-state index contributed by atoms with van der Waals surface area (Å²) in [4.78, 5) is 10.6. The van der Waals surface area contributed by atoms with Crippen molar-refractivity contribution in [1.29, 1.82) is 0 Å². The minimum atomic E-state index is -1.19. The number of aldehydes is 1. The number of hydrogen-bond donors (Lipinski definition) is 0. The summed E-state index contributed by atoms with van der Waals surface area (Å²) < 4.78 is 39.2. The third-order valence-corrected chi connectivity index (χ3v) is 2.86. The molecule has 2 aromatic rings. The van der Waals surface area contributed by atoms with Crippen LogP contribution in [0.1, 0.15) is 21.5 Å². The van der Waals surface area contributed by atoms with Gasteiger partial charge in [-0.05, 0) is 36.1 Å². The molecule has 0 bridgehead atoms. The average molecular weight is 264 g/mol. The first-order chi connectivity index (χ1) is 9.10. The van der Waals surface area contributed by atoms with E-state index in [1.807, 2.05) is 0 Å². The molecule has 0 aliphatic heterocycles. The van der Waals surface area contributed by atoms with E-state index < -0.39 is 17.5 Å². The van der Waals surface area contributed by atoms with Gasteiger partial charge < -0.3 is 0 Å². The van der Waals surface area contributed by atoms with E-state index in [0.29, 0.717) is 18.1 Å². The van der Waals surface area contributed by atoms with Gasteiger partial charge in [-0.3, -0.25) is 4.79 Å². The maximum atomic E-state index is 13.4. The molecule has 0 unspecified atom stereocenters. The molecule has 0 radical (unpaired) electrons. The molecule has 0 aliphatic rings. The fourth-order valence-electron chi connectivity index (χ4n) is 1.86. The molecule has 0 amide bonds. The Hall–Kier alpha value is -2.10. The van der Waals surface area contributed by atoms with Crippen LogP contribution >= 0.6 is 0 Å². The van der Waals surface area contributed by atoms with E-state index in [2.05, 4.69) is 0 Å². The minimum Gasteiger partial charge on any atom is -0.298 e. The number of carbonyl (C=O) groups is 1. The lowest BCUT2D eigenvalue weighted by Gasteiger charge is -2.05. The Kier molecular flexibility index (Phi) is 4.00. The van der Waals surface area contributed by atoms with Crippen LogP contribution < -0.4 is 0 Å². The van der Waals surface area contributed by atoms with Crippen LogP contribution in [0.4, 0.5) is 13.2 Å². The van der Waals surface area contributed by atoms with Crippen LogP contribution in [-0.4, -0.2) is 6.29 Å². The van der Waals surface area contributed by atoms with Gasteiger partial charge in [0.2, 0.25) is 0 Å². The summed E-state index contributed by atoms with van der Waals surface area (Å²) in [6.07, 6.45) is 1.41. The van der Waals surface area contributed by atoms with Crippen molar-refractivity contribution in [1.82, 2.24) is 0 Å². The van der Waals surface area contributed by atoms with Crippen molar-refractivity contribution >= 4 is 6.29 Å². The van der Waals surface area contributed by atoms with E-state index in [9.17, 15) is 18.0 Å². The zero-order valence-corrected chi connectivity index (χ0v) is 10.00. The molecular weight excluding hydrogens is 253 g/mol. The molecule has 0 N–H and O–H groups in total. The van der Waals surface area contributed by atoms with Crippen LogP contribution in [0, 0.1) is 17.5 Å². The summed E-state index contributed by atoms with van der Waals surface area (Å²) >= 11 is 0. The summed E-state index contributed by atoms with van der Waals surface area (Å²) in [6, 6.07) is 8.28. The third-order valence-electron chi connectivity index (χ3n) is 2.86. The highest BCUT2D eigenvalue weighted by Gasteiger charge is 2.09. The van der Waals surface area contributed by atoms with Gasteiger partial charge in [-0.15, -0.1) is 0 Å². The number of carbonyl (C=O) groups excluding carboxylic acids is 1. The molecular formula is C15H11F3O. The van der Waals surface area contributed by atoms with Gasteiger partial charge in [-0.2, -0.15) is 0 Å². The Balaban J connectivity index is 2.14. The topological polar surface area (TPSA) is 17.1 Å². The average Bonchev–Trinajstić information content (AvgIpc) is 2.41. The highest BCUT2D eigenvalue weighted by molar-refractivity contribution is 5.74. The van der Waals surface area contributed by atoms with Crippen molar-refractivity contribution in [3.05, 3.63) is 70.5 Å². The van der Waals surface area contributed by atoms with Crippen LogP contribution in [-0.2, 0) is 12.8 Å². The lowest BCUT2D eigenvalue weighted by Crippen LogP contribution is -1.98. The highest BCUT2D eigenvalue weighted by Crippen LogP contribution is 2.16. The van der Waals surface area contributed by atoms with Crippen molar-refractivity contribution < 1.29 is 18.0 Å². The second kappa shape index (κ2) is 5.69. The van der Waals surface area contributed by atoms with Crippen LogP contribution in [0.3, 0.4) is 0 Å². The Morgan fingerprint density at radius 1 is 0.895 bits per heavy atom. The van der Waals surface area contributed by atoms with E-state index >= 15 is 0 Å². The maximum absolute atomic E-state index is 13.4. The van der Waals surface area contributed by atoms with Crippen molar-refractivity contribution in [2.45, 2.75) is 12.8 Å². The van der Waals surface area contributed by atoms with Gasteiger partial charge >= 0.3 is 0 Å². The number of halogens is 3. The molecule has 0 saturated heterocycles. The van der Waals surface area contributed by atoms with Crippen molar-refractivity contribution in [3.63, 3.8) is 0 Å². The summed E-state index contributed by atoms with van der Waals surface area (Å²) in [5, 5.41) is 0. The smallest absolute Gasteiger partial charge is 0.161 e. The fraction of sp³-hybridized carbons (Fsp3) is 0.133. The number of rotatable bonds is 4. The minimum absolute atomic E-state index is 0.121. The van der Waals surface area contributed by atoms with E-state index in [1.54, 1.807) is 24.3 Å². The van der Waals surface area contributed by atoms with Crippen LogP contribution in [0.5, 0.6) is 0 Å². The summed E-state index contributed by atoms with van der Waals surface area (Å²) in [5.74, 6) is -3.01. The molecule has 98 valence electrons. The van der Waals surface area contributed by atoms with Gasteiger partial charge in [0.1, 0.15) is 12.1 Å². The van der Waals surface area contributed by atoms with Gasteiger partial charge in [0.15, 0.2) is 11.6 Å². The molecule has 1 nitrogen and oxygen atoms in total. The Labute approximate surface area is 108 Å². The highest BCUT2D eigenvalue weighted by atomic mass is 19.2. The summed E-state index contributed by atoms with van der Waals surface area (Å²) in [6.45, 7) is 0. The van der Waals surface area contributed by atoms with E-state index in [1.165, 1.54) is 0 Å². The zero-order chi connectivity index (χ0) is 13.8. The molecule has 19 heavy (non-hydrogen) atoms. The second-order valence-electron chi connectivity index (χ2n) is 4.22. The Morgan fingerprint density at radius 2 is 1.63 bits per heavy atom. The first-order valence-corrected chi connectivity index (χ1v) is 5.77. The van der Waals surface area contributed by atoms with Gasteiger partial charge in [-0.25, -0.2) is 13.2 Å². The van der Waals surface area contributed by atoms with Gasteiger partial charge in [0.05, 0.1) is 0 Å². The Bertz CT molecular complexity index is 608. The standard InChI is InChI=1S/C15H11F3O/c16-13-8-15(18)14(17)7-12(13)5-4-10-2-1-3-11(6-10)9-19/h1-3,6-9H,4-5H2. The molecule has 2 rings (SSSR count). The first kappa shape index (κ1) is 13.3. The molecule has 0 heterocycles. The van der Waals surface area contributed by atoms with E-state index in [4.69, 9.17) is 0 Å². The van der Waals surface area contributed by atoms with Gasteiger partial charge in [-0.1, -0.05) is 18.2 Å². The Morgan fingerprint density at radius 3 is 2.37 bits per heavy atom. The SMILES string of the molecule is O=Cc1cccc(CCc2cc(F)c(F)cc2F)c1. The summed E-state index contributed by atoms with van der Waals surface area (Å²) in [7, 11) is 0. The zero-order valence-electron chi connectivity index (χ0n) is 10.00. The molecule has 0 aliphatic carbocycles. The molecule has 0 fully saturated rings. The lowest BCUT2D eigenvalue weighted by molar-refractivity contribution is 0.112. The summed E-state index contributed by atoms with van der Waals surface area (Å²) in [5.41, 5.74) is 1.49. The molecule has 0 saturated carbocycles. The monoisotopic (exact) mass is 264 g/mol. The normalized spacial score (nSPS) is 10.5. The fourth-order valence-corrected chi connectivity index (χ4v) is 1.86. The van der Waals surface area contributed by atoms with Crippen LogP contribution in [0.25, 0.3) is 0 Å². The van der Waals surface area contributed by atoms with Crippen molar-refractivity contribution in [2.75, 3.05) is 0 Å². The van der Waals surface area contributed by atoms with Gasteiger partial charge in [0, 0.05) is 11.6 Å².